The van der Waals surface area contributed by atoms with Crippen LogP contribution in [0, 0.1) is 0 Å². The van der Waals surface area contributed by atoms with E-state index in [9.17, 15) is 0 Å². The average Bonchev–Trinajstić information content (AvgIpc) is 2.06. The van der Waals surface area contributed by atoms with Crippen molar-refractivity contribution in [1.29, 1.82) is 0 Å². The molecule has 0 saturated carbocycles. The van der Waals surface area contributed by atoms with Gasteiger partial charge in [-0.15, -0.1) is 0 Å². The third kappa shape index (κ3) is 44.7. The molecule has 0 aromatic rings. The fraction of sp³-hybridized carbons (Fsp3) is 1.00. The third-order valence-electron chi connectivity index (χ3n) is 2.18. The molecule has 0 aliphatic heterocycles. The molecule has 0 unspecified atom stereocenters. The molecule has 18 heavy (non-hydrogen) atoms. The normalized spacial score (nSPS) is 11.2. The van der Waals surface area contributed by atoms with Gasteiger partial charge in [0.05, 0.1) is 27.7 Å². The highest BCUT2D eigenvalue weighted by molar-refractivity contribution is 7.79. The summed E-state index contributed by atoms with van der Waals surface area (Å²) in [5, 5.41) is 0. The Kier molecular flexibility index (Phi) is 15.1. The van der Waals surface area contributed by atoms with E-state index in [-0.39, 0.29) is 6.15 Å². The van der Waals surface area contributed by atoms with Crippen molar-refractivity contribution in [2.75, 3.05) is 27.7 Å². The molecule has 0 amide bonds. The molecule has 0 atom stereocenters. The van der Waals surface area contributed by atoms with Crippen molar-refractivity contribution in [3.05, 3.63) is 0 Å². The summed E-state index contributed by atoms with van der Waals surface area (Å²) < 4.78 is 34.0. The minimum atomic E-state index is -4.92. The lowest BCUT2D eigenvalue weighted by atomic mass is 10.1. The SMILES string of the molecule is CCCCCCCC[N+](C)(C)C.N.O=S(=O)([O-])O. The van der Waals surface area contributed by atoms with Crippen molar-refractivity contribution in [3.63, 3.8) is 0 Å². The highest BCUT2D eigenvalue weighted by Crippen LogP contribution is 2.06. The second-order valence-electron chi connectivity index (χ2n) is 5.21. The van der Waals surface area contributed by atoms with Gasteiger partial charge in [0, 0.05) is 0 Å². The van der Waals surface area contributed by atoms with Gasteiger partial charge in [0.25, 0.3) is 0 Å². The Labute approximate surface area is 112 Å². The summed E-state index contributed by atoms with van der Waals surface area (Å²) in [6.45, 7) is 3.60. The lowest BCUT2D eigenvalue weighted by Gasteiger charge is -2.23. The fourth-order valence-corrected chi connectivity index (χ4v) is 1.37. The highest BCUT2D eigenvalue weighted by Gasteiger charge is 2.04. The number of rotatable bonds is 7. The van der Waals surface area contributed by atoms with Gasteiger partial charge < -0.3 is 15.2 Å². The molecular formula is C11H30N2O4S. The van der Waals surface area contributed by atoms with Crippen molar-refractivity contribution in [2.45, 2.75) is 45.4 Å². The molecule has 0 spiro atoms. The minimum absolute atomic E-state index is 0. The fourth-order valence-electron chi connectivity index (χ4n) is 1.37. The van der Waals surface area contributed by atoms with Crippen LogP contribution < -0.4 is 6.15 Å². The molecule has 0 heterocycles. The van der Waals surface area contributed by atoms with Crippen LogP contribution in [0.5, 0.6) is 0 Å². The zero-order valence-corrected chi connectivity index (χ0v) is 13.0. The van der Waals surface area contributed by atoms with Crippen molar-refractivity contribution < 1.29 is 22.0 Å². The number of quaternary nitrogens is 1. The number of nitrogens with zero attached hydrogens (tertiary/aromatic N) is 1. The molecule has 0 radical (unpaired) electrons. The van der Waals surface area contributed by atoms with E-state index < -0.39 is 10.4 Å². The Bertz CT molecular complexity index is 253. The van der Waals surface area contributed by atoms with Gasteiger partial charge in [-0.25, -0.2) is 8.42 Å². The predicted molar refractivity (Wildman–Crippen MR) is 73.6 cm³/mol. The summed E-state index contributed by atoms with van der Waals surface area (Å²) in [6, 6.07) is 0. The van der Waals surface area contributed by atoms with Gasteiger partial charge in [0.2, 0.25) is 10.4 Å². The molecule has 0 aromatic heterocycles. The minimum Gasteiger partial charge on any atom is -0.726 e. The van der Waals surface area contributed by atoms with E-state index in [1.165, 1.54) is 45.1 Å². The van der Waals surface area contributed by atoms with E-state index in [1.54, 1.807) is 0 Å². The lowest BCUT2D eigenvalue weighted by Crippen LogP contribution is -2.35. The van der Waals surface area contributed by atoms with E-state index in [0.717, 1.165) is 4.48 Å². The summed E-state index contributed by atoms with van der Waals surface area (Å²) in [7, 11) is 1.89. The van der Waals surface area contributed by atoms with Crippen LogP contribution in [0.25, 0.3) is 0 Å². The first-order chi connectivity index (χ1) is 7.56. The van der Waals surface area contributed by atoms with Crippen LogP contribution in [0.4, 0.5) is 0 Å². The second-order valence-corrected chi connectivity index (χ2v) is 6.06. The Morgan fingerprint density at radius 2 is 1.33 bits per heavy atom. The summed E-state index contributed by atoms with van der Waals surface area (Å²) in [5.41, 5.74) is 0. The molecule has 0 saturated heterocycles. The van der Waals surface area contributed by atoms with Crippen molar-refractivity contribution in [1.82, 2.24) is 6.15 Å². The van der Waals surface area contributed by atoms with Crippen LogP contribution in [0.1, 0.15) is 45.4 Å². The first-order valence-electron chi connectivity index (χ1n) is 6.05. The smallest absolute Gasteiger partial charge is 0.215 e. The van der Waals surface area contributed by atoms with Gasteiger partial charge in [-0.3, -0.25) is 4.55 Å². The average molecular weight is 286 g/mol. The first kappa shape index (κ1) is 22.9. The van der Waals surface area contributed by atoms with Gasteiger partial charge >= 0.3 is 0 Å². The zero-order valence-electron chi connectivity index (χ0n) is 12.2. The topological polar surface area (TPSA) is 112 Å². The third-order valence-corrected chi connectivity index (χ3v) is 2.18. The summed E-state index contributed by atoms with van der Waals surface area (Å²) in [5.74, 6) is 0. The molecule has 6 nitrogen and oxygen atoms in total. The van der Waals surface area contributed by atoms with Crippen LogP contribution in [-0.2, 0) is 10.4 Å². The van der Waals surface area contributed by atoms with Gasteiger partial charge in [0.15, 0.2) is 0 Å². The lowest BCUT2D eigenvalue weighted by molar-refractivity contribution is -0.870. The molecule has 4 N–H and O–H groups in total. The van der Waals surface area contributed by atoms with Gasteiger partial charge in [-0.2, -0.15) is 0 Å². The Morgan fingerprint density at radius 1 is 1.00 bits per heavy atom. The Morgan fingerprint density at radius 3 is 1.67 bits per heavy atom. The van der Waals surface area contributed by atoms with Gasteiger partial charge in [0.1, 0.15) is 0 Å². The molecule has 0 aromatic carbocycles. The highest BCUT2D eigenvalue weighted by atomic mass is 32.3. The van der Waals surface area contributed by atoms with Crippen LogP contribution >= 0.6 is 0 Å². The van der Waals surface area contributed by atoms with Crippen LogP contribution in [-0.4, -0.2) is 49.7 Å². The van der Waals surface area contributed by atoms with E-state index in [4.69, 9.17) is 17.5 Å². The van der Waals surface area contributed by atoms with Crippen molar-refractivity contribution in [3.8, 4) is 0 Å². The van der Waals surface area contributed by atoms with Crippen LogP contribution in [0.2, 0.25) is 0 Å². The van der Waals surface area contributed by atoms with Gasteiger partial charge in [-0.1, -0.05) is 32.6 Å². The zero-order chi connectivity index (χ0) is 13.9. The first-order valence-corrected chi connectivity index (χ1v) is 7.41. The van der Waals surface area contributed by atoms with Gasteiger partial charge in [-0.05, 0) is 12.8 Å². The second kappa shape index (κ2) is 11.9. The number of hydrogen-bond donors (Lipinski definition) is 2. The maximum atomic E-state index is 8.63. The summed E-state index contributed by atoms with van der Waals surface area (Å²) in [4.78, 5) is 0. The molecule has 0 rings (SSSR count). The standard InChI is InChI=1S/C11H26N.H3N.H2O4S/c1-5-6-7-8-9-10-11-12(2,3)4;;1-5(2,3)4/h5-11H2,1-4H3;1H3;(H2,1,2,3,4)/q+1;;/p-1. The maximum Gasteiger partial charge on any atom is 0.215 e. The molecule has 114 valence electrons. The molecule has 7 heteroatoms. The van der Waals surface area contributed by atoms with E-state index in [1.807, 2.05) is 0 Å². The quantitative estimate of drug-likeness (QED) is 0.322. The van der Waals surface area contributed by atoms with Crippen LogP contribution in [0.15, 0.2) is 0 Å². The summed E-state index contributed by atoms with van der Waals surface area (Å²) >= 11 is 0. The molecular weight excluding hydrogens is 256 g/mol. The van der Waals surface area contributed by atoms with Crippen LogP contribution in [0.3, 0.4) is 0 Å². The number of unbranched alkanes of at least 4 members (excludes halogenated alkanes) is 5. The number of hydrogen-bond acceptors (Lipinski definition) is 4. The summed E-state index contributed by atoms with van der Waals surface area (Å²) in [6.07, 6.45) is 8.48. The predicted octanol–water partition coefficient (Wildman–Crippen LogP) is 2.22. The Hall–Kier alpha value is -0.210. The molecule has 0 aliphatic rings. The molecule has 0 fully saturated rings. The Balaban J connectivity index is -0.000000321. The van der Waals surface area contributed by atoms with Crippen molar-refractivity contribution >= 4 is 10.4 Å². The van der Waals surface area contributed by atoms with E-state index >= 15 is 0 Å². The molecule has 0 bridgehead atoms. The monoisotopic (exact) mass is 286 g/mol. The van der Waals surface area contributed by atoms with E-state index in [0.29, 0.717) is 0 Å². The van der Waals surface area contributed by atoms with E-state index in [2.05, 4.69) is 28.1 Å². The largest absolute Gasteiger partial charge is 0.726 e. The van der Waals surface area contributed by atoms with Crippen molar-refractivity contribution in [2.24, 2.45) is 0 Å². The maximum absolute atomic E-state index is 8.63. The molecule has 0 aliphatic carbocycles.